The maximum Gasteiger partial charge on any atom is 0.0909 e. The van der Waals surface area contributed by atoms with Crippen LogP contribution >= 0.6 is 0 Å². The summed E-state index contributed by atoms with van der Waals surface area (Å²) in [5, 5.41) is 7.71. The van der Waals surface area contributed by atoms with Gasteiger partial charge in [0.15, 0.2) is 0 Å². The Balaban J connectivity index is 2.37. The second kappa shape index (κ2) is 4.38. The number of aryl methyl sites for hydroxylation is 2. The minimum atomic E-state index is -0.145. The number of nitrogens with two attached hydrogens (primary N) is 1. The van der Waals surface area contributed by atoms with E-state index < -0.39 is 0 Å². The van der Waals surface area contributed by atoms with Gasteiger partial charge in [-0.1, -0.05) is 11.3 Å². The highest BCUT2D eigenvalue weighted by atomic mass is 15.4. The Bertz CT molecular complexity index is 460. The van der Waals surface area contributed by atoms with Crippen LogP contribution in [0, 0.1) is 6.92 Å². The van der Waals surface area contributed by atoms with Gasteiger partial charge in [-0.15, -0.1) is 5.10 Å². The topological polar surface area (TPSA) is 81.6 Å². The lowest BCUT2D eigenvalue weighted by molar-refractivity contribution is 0.569. The lowest BCUT2D eigenvalue weighted by atomic mass is 10.1. The van der Waals surface area contributed by atoms with E-state index in [0.717, 1.165) is 17.0 Å². The molecule has 6 nitrogen and oxygen atoms in total. The molecule has 2 rings (SSSR count). The molecular formula is C10H14N6. The number of nitrogens with one attached hydrogen (secondary N) is 1. The molecule has 2 aromatic heterocycles. The average Bonchev–Trinajstić information content (AvgIpc) is 2.69. The quantitative estimate of drug-likeness (QED) is 0.563. The molecule has 2 heterocycles. The summed E-state index contributed by atoms with van der Waals surface area (Å²) in [7, 11) is 1.83. The number of hydrogen-bond acceptors (Lipinski definition) is 5. The summed E-state index contributed by atoms with van der Waals surface area (Å²) in [6.07, 6.45) is 3.48. The van der Waals surface area contributed by atoms with E-state index in [9.17, 15) is 0 Å². The molecule has 1 atom stereocenters. The van der Waals surface area contributed by atoms with Gasteiger partial charge < -0.3 is 0 Å². The van der Waals surface area contributed by atoms with Gasteiger partial charge in [-0.2, -0.15) is 0 Å². The van der Waals surface area contributed by atoms with Gasteiger partial charge in [-0.25, -0.2) is 5.43 Å². The second-order valence-electron chi connectivity index (χ2n) is 3.62. The minimum Gasteiger partial charge on any atom is -0.271 e. The predicted octanol–water partition coefficient (Wildman–Crippen LogP) is 0.0712. The Morgan fingerprint density at radius 2 is 2.19 bits per heavy atom. The molecule has 0 bridgehead atoms. The summed E-state index contributed by atoms with van der Waals surface area (Å²) in [5.74, 6) is 5.56. The van der Waals surface area contributed by atoms with E-state index in [4.69, 9.17) is 5.84 Å². The molecule has 84 valence electrons. The molecule has 1 unspecified atom stereocenters. The molecule has 0 aromatic carbocycles. The molecule has 0 amide bonds. The van der Waals surface area contributed by atoms with E-state index in [1.807, 2.05) is 26.1 Å². The SMILES string of the molecule is Cc1ccc(C(NN)c2cnnn2C)cn1. The van der Waals surface area contributed by atoms with Gasteiger partial charge in [-0.05, 0) is 18.6 Å². The van der Waals surface area contributed by atoms with Crippen LogP contribution in [0.15, 0.2) is 24.5 Å². The molecule has 0 radical (unpaired) electrons. The van der Waals surface area contributed by atoms with Gasteiger partial charge in [0.2, 0.25) is 0 Å². The molecule has 0 aliphatic heterocycles. The number of rotatable bonds is 3. The van der Waals surface area contributed by atoms with Crippen LogP contribution in [0.2, 0.25) is 0 Å². The smallest absolute Gasteiger partial charge is 0.0909 e. The normalized spacial score (nSPS) is 12.7. The van der Waals surface area contributed by atoms with Crippen molar-refractivity contribution in [2.45, 2.75) is 13.0 Å². The zero-order chi connectivity index (χ0) is 11.5. The Hall–Kier alpha value is -1.79. The molecule has 0 aliphatic rings. The van der Waals surface area contributed by atoms with Gasteiger partial charge in [0.1, 0.15) is 0 Å². The van der Waals surface area contributed by atoms with Crippen LogP contribution in [-0.4, -0.2) is 20.0 Å². The van der Waals surface area contributed by atoms with Crippen LogP contribution in [0.3, 0.4) is 0 Å². The highest BCUT2D eigenvalue weighted by Crippen LogP contribution is 2.18. The summed E-state index contributed by atoms with van der Waals surface area (Å²) in [4.78, 5) is 4.24. The fourth-order valence-corrected chi connectivity index (χ4v) is 1.56. The van der Waals surface area contributed by atoms with Crippen LogP contribution < -0.4 is 11.3 Å². The summed E-state index contributed by atoms with van der Waals surface area (Å²) < 4.78 is 1.68. The third-order valence-electron chi connectivity index (χ3n) is 2.48. The first-order chi connectivity index (χ1) is 7.72. The third-order valence-corrected chi connectivity index (χ3v) is 2.48. The lowest BCUT2D eigenvalue weighted by Crippen LogP contribution is -2.30. The van der Waals surface area contributed by atoms with Gasteiger partial charge in [-0.3, -0.25) is 15.5 Å². The molecule has 6 heteroatoms. The lowest BCUT2D eigenvalue weighted by Gasteiger charge is -2.15. The minimum absolute atomic E-state index is 0.145. The molecule has 0 saturated carbocycles. The highest BCUT2D eigenvalue weighted by molar-refractivity contribution is 5.24. The van der Waals surface area contributed by atoms with Gasteiger partial charge in [0.05, 0.1) is 17.9 Å². The van der Waals surface area contributed by atoms with E-state index in [0.29, 0.717) is 0 Å². The van der Waals surface area contributed by atoms with E-state index in [2.05, 4.69) is 20.7 Å². The number of hydrazine groups is 1. The molecular weight excluding hydrogens is 204 g/mol. The summed E-state index contributed by atoms with van der Waals surface area (Å²) in [5.41, 5.74) is 5.60. The molecule has 16 heavy (non-hydrogen) atoms. The monoisotopic (exact) mass is 218 g/mol. The van der Waals surface area contributed by atoms with Crippen molar-refractivity contribution >= 4 is 0 Å². The first-order valence-electron chi connectivity index (χ1n) is 4.95. The number of aromatic nitrogens is 4. The Labute approximate surface area is 93.5 Å². The number of nitrogens with zero attached hydrogens (tertiary/aromatic N) is 4. The second-order valence-corrected chi connectivity index (χ2v) is 3.62. The highest BCUT2D eigenvalue weighted by Gasteiger charge is 2.16. The Morgan fingerprint density at radius 3 is 2.69 bits per heavy atom. The van der Waals surface area contributed by atoms with Crippen LogP contribution in [0.4, 0.5) is 0 Å². The van der Waals surface area contributed by atoms with Gasteiger partial charge >= 0.3 is 0 Å². The molecule has 0 saturated heterocycles. The van der Waals surface area contributed by atoms with E-state index in [1.165, 1.54) is 0 Å². The maximum absolute atomic E-state index is 5.56. The standard InChI is InChI=1S/C10H14N6/c1-7-3-4-8(5-12-7)10(14-11)9-6-13-15-16(9)2/h3-6,10,14H,11H2,1-2H3. The summed E-state index contributed by atoms with van der Waals surface area (Å²) >= 11 is 0. The zero-order valence-corrected chi connectivity index (χ0v) is 9.25. The van der Waals surface area contributed by atoms with Crippen molar-refractivity contribution in [1.29, 1.82) is 0 Å². The average molecular weight is 218 g/mol. The summed E-state index contributed by atoms with van der Waals surface area (Å²) in [6.45, 7) is 1.94. The number of hydrogen-bond donors (Lipinski definition) is 2. The molecule has 2 aromatic rings. The van der Waals surface area contributed by atoms with Crippen molar-refractivity contribution in [3.8, 4) is 0 Å². The van der Waals surface area contributed by atoms with E-state index in [1.54, 1.807) is 17.1 Å². The largest absolute Gasteiger partial charge is 0.271 e. The van der Waals surface area contributed by atoms with E-state index >= 15 is 0 Å². The van der Waals surface area contributed by atoms with Crippen molar-refractivity contribution in [2.24, 2.45) is 12.9 Å². The van der Waals surface area contributed by atoms with Crippen LogP contribution in [-0.2, 0) is 7.05 Å². The van der Waals surface area contributed by atoms with Crippen molar-refractivity contribution in [3.05, 3.63) is 41.5 Å². The Morgan fingerprint density at radius 1 is 1.38 bits per heavy atom. The summed E-state index contributed by atoms with van der Waals surface area (Å²) in [6, 6.07) is 3.79. The first kappa shape index (κ1) is 10.7. The molecule has 0 aliphatic carbocycles. The van der Waals surface area contributed by atoms with Gasteiger partial charge in [0, 0.05) is 18.9 Å². The van der Waals surface area contributed by atoms with Crippen LogP contribution in [0.5, 0.6) is 0 Å². The van der Waals surface area contributed by atoms with Gasteiger partial charge in [0.25, 0.3) is 0 Å². The third kappa shape index (κ3) is 1.93. The molecule has 0 fully saturated rings. The zero-order valence-electron chi connectivity index (χ0n) is 9.25. The molecule has 3 N–H and O–H groups in total. The van der Waals surface area contributed by atoms with Crippen molar-refractivity contribution < 1.29 is 0 Å². The fraction of sp³-hybridized carbons (Fsp3) is 0.300. The van der Waals surface area contributed by atoms with Crippen LogP contribution in [0.25, 0.3) is 0 Å². The van der Waals surface area contributed by atoms with Crippen molar-refractivity contribution in [1.82, 2.24) is 25.4 Å². The Kier molecular flexibility index (Phi) is 2.93. The fourth-order valence-electron chi connectivity index (χ4n) is 1.56. The van der Waals surface area contributed by atoms with Crippen molar-refractivity contribution in [2.75, 3.05) is 0 Å². The van der Waals surface area contributed by atoms with Crippen LogP contribution in [0.1, 0.15) is 23.0 Å². The van der Waals surface area contributed by atoms with E-state index in [-0.39, 0.29) is 6.04 Å². The molecule has 0 spiro atoms. The maximum atomic E-state index is 5.56. The first-order valence-corrected chi connectivity index (χ1v) is 4.95. The van der Waals surface area contributed by atoms with Crippen molar-refractivity contribution in [3.63, 3.8) is 0 Å². The predicted molar refractivity (Wildman–Crippen MR) is 59.1 cm³/mol. The number of pyridine rings is 1.